The Morgan fingerprint density at radius 3 is 2.57 bits per heavy atom. The summed E-state index contributed by atoms with van der Waals surface area (Å²) in [5, 5.41) is 3.84. The molecular weight excluding hydrogens is 471 g/mol. The molecule has 200 valence electrons. The molecule has 1 amide bonds. The molecule has 0 bridgehead atoms. The van der Waals surface area contributed by atoms with Gasteiger partial charge in [0, 0.05) is 34.9 Å². The van der Waals surface area contributed by atoms with E-state index in [0.29, 0.717) is 35.0 Å². The second-order valence-corrected chi connectivity index (χ2v) is 10.9. The van der Waals surface area contributed by atoms with Gasteiger partial charge in [-0.1, -0.05) is 18.2 Å². The smallest absolute Gasteiger partial charge is 0.256 e. The van der Waals surface area contributed by atoms with E-state index in [2.05, 4.69) is 32.8 Å². The lowest BCUT2D eigenvalue weighted by Crippen LogP contribution is -2.42. The van der Waals surface area contributed by atoms with Crippen LogP contribution in [0.1, 0.15) is 67.0 Å². The highest BCUT2D eigenvalue weighted by Gasteiger charge is 2.31. The molecule has 2 aromatic heterocycles. The third-order valence-corrected chi connectivity index (χ3v) is 7.58. The molecule has 2 N–H and O–H groups in total. The number of benzene rings is 1. The highest BCUT2D eigenvalue weighted by molar-refractivity contribution is 6.08. The zero-order valence-corrected chi connectivity index (χ0v) is 22.8. The van der Waals surface area contributed by atoms with Gasteiger partial charge in [0.1, 0.15) is 11.4 Å². The first-order valence-corrected chi connectivity index (χ1v) is 13.1. The number of carbonyl (C=O) groups is 1. The summed E-state index contributed by atoms with van der Waals surface area (Å²) in [7, 11) is 1.52. The van der Waals surface area contributed by atoms with Gasteiger partial charge in [-0.05, 0) is 78.6 Å². The van der Waals surface area contributed by atoms with Crippen molar-refractivity contribution in [3.05, 3.63) is 63.2 Å². The lowest BCUT2D eigenvalue weighted by Gasteiger charge is -2.37. The average molecular weight is 511 g/mol. The van der Waals surface area contributed by atoms with E-state index < -0.39 is 5.67 Å². The van der Waals surface area contributed by atoms with Crippen LogP contribution in [0.2, 0.25) is 0 Å². The Labute approximate surface area is 218 Å². The fourth-order valence-corrected chi connectivity index (χ4v) is 5.83. The molecule has 1 aromatic carbocycles. The molecule has 0 radical (unpaired) electrons. The van der Waals surface area contributed by atoms with Gasteiger partial charge in [-0.2, -0.15) is 0 Å². The number of pyridine rings is 1. The van der Waals surface area contributed by atoms with E-state index in [4.69, 9.17) is 4.74 Å². The predicted molar refractivity (Wildman–Crippen MR) is 145 cm³/mol. The van der Waals surface area contributed by atoms with E-state index in [1.54, 1.807) is 26.8 Å². The average Bonchev–Trinajstić information content (AvgIpc) is 3.13. The second kappa shape index (κ2) is 10.7. The number of methoxy groups -OCH3 is 1. The Kier molecular flexibility index (Phi) is 7.78. The van der Waals surface area contributed by atoms with E-state index in [-0.39, 0.29) is 24.1 Å². The van der Waals surface area contributed by atoms with E-state index >= 15 is 0 Å². The Balaban J connectivity index is 1.58. The van der Waals surface area contributed by atoms with E-state index in [1.165, 1.54) is 7.11 Å². The summed E-state index contributed by atoms with van der Waals surface area (Å²) in [4.78, 5) is 31.0. The van der Waals surface area contributed by atoms with Crippen molar-refractivity contribution in [2.24, 2.45) is 5.92 Å². The van der Waals surface area contributed by atoms with Crippen molar-refractivity contribution >= 4 is 16.8 Å². The molecule has 1 saturated heterocycles. The van der Waals surface area contributed by atoms with E-state index in [1.807, 2.05) is 25.1 Å². The highest BCUT2D eigenvalue weighted by Crippen LogP contribution is 2.36. The molecule has 0 aliphatic carbocycles. The number of fused-ring (bicyclic) bond motifs is 1. The summed E-state index contributed by atoms with van der Waals surface area (Å²) >= 11 is 0. The van der Waals surface area contributed by atoms with Crippen molar-refractivity contribution in [2.75, 3.05) is 26.7 Å². The molecule has 4 rings (SSSR count). The van der Waals surface area contributed by atoms with Crippen LogP contribution in [-0.4, -0.2) is 52.8 Å². The molecule has 1 fully saturated rings. The molecule has 8 heteroatoms. The number of aryl methyl sites for hydroxylation is 1. The molecule has 1 aliphatic heterocycles. The normalized spacial score (nSPS) is 16.2. The topological polar surface area (TPSA) is 79.4 Å². The van der Waals surface area contributed by atoms with Gasteiger partial charge in [-0.15, -0.1) is 0 Å². The zero-order chi connectivity index (χ0) is 26.9. The number of aromatic amines is 1. The number of piperidine rings is 1. The van der Waals surface area contributed by atoms with Gasteiger partial charge < -0.3 is 24.5 Å². The molecule has 0 spiro atoms. The van der Waals surface area contributed by atoms with Crippen molar-refractivity contribution in [1.82, 2.24) is 19.8 Å². The van der Waals surface area contributed by atoms with Gasteiger partial charge in [0.25, 0.3) is 11.5 Å². The number of halogens is 1. The van der Waals surface area contributed by atoms with Crippen LogP contribution < -0.4 is 15.6 Å². The first-order valence-electron chi connectivity index (χ1n) is 13.1. The number of nitrogens with one attached hydrogen (secondary N) is 2. The number of carbonyl (C=O) groups excluding carboxylic acids is 1. The fourth-order valence-electron chi connectivity index (χ4n) is 5.83. The molecule has 3 aromatic rings. The SMILES string of the molecule is COc1cc(C)[nH]c(=O)c1CNC(=O)c1c(C)n(C(C)C2CCN(CC(C)(C)F)CC2)c2ccccc12. The molecular formula is C29H39FN4O3. The standard InChI is InChI=1S/C29H39FN4O3/c1-18-15-25(37-6)23(27(35)32-18)16-31-28(36)26-20(3)34(24-10-8-7-9-22(24)26)19(2)21-11-13-33(14-12-21)17-29(4,5)30/h7-10,15,19,21H,11-14,16-17H2,1-6H3,(H,31,36)(H,32,35). The third-order valence-electron chi connectivity index (χ3n) is 7.58. The molecule has 3 heterocycles. The van der Waals surface area contributed by atoms with Crippen LogP contribution in [0.3, 0.4) is 0 Å². The van der Waals surface area contributed by atoms with Crippen LogP contribution in [0.4, 0.5) is 4.39 Å². The number of nitrogens with zero attached hydrogens (tertiary/aromatic N) is 2. The highest BCUT2D eigenvalue weighted by atomic mass is 19.1. The minimum absolute atomic E-state index is 0.0650. The van der Waals surface area contributed by atoms with Crippen molar-refractivity contribution in [2.45, 2.75) is 65.7 Å². The van der Waals surface area contributed by atoms with Crippen molar-refractivity contribution in [3.63, 3.8) is 0 Å². The largest absolute Gasteiger partial charge is 0.496 e. The number of alkyl halides is 1. The summed E-state index contributed by atoms with van der Waals surface area (Å²) in [5.74, 6) is 0.665. The fraction of sp³-hybridized carbons (Fsp3) is 0.517. The molecule has 1 unspecified atom stereocenters. The number of amides is 1. The zero-order valence-electron chi connectivity index (χ0n) is 22.8. The van der Waals surface area contributed by atoms with Crippen LogP contribution in [0.25, 0.3) is 10.9 Å². The number of para-hydroxylation sites is 1. The maximum absolute atomic E-state index is 14.1. The minimum atomic E-state index is -1.19. The summed E-state index contributed by atoms with van der Waals surface area (Å²) in [6.45, 7) is 11.5. The van der Waals surface area contributed by atoms with Gasteiger partial charge in [-0.25, -0.2) is 4.39 Å². The predicted octanol–water partition coefficient (Wildman–Crippen LogP) is 4.91. The van der Waals surface area contributed by atoms with Gasteiger partial charge in [0.15, 0.2) is 0 Å². The number of rotatable bonds is 8. The number of H-pyrrole nitrogens is 1. The Bertz CT molecular complexity index is 1330. The molecule has 1 aliphatic rings. The van der Waals surface area contributed by atoms with Gasteiger partial charge >= 0.3 is 0 Å². The summed E-state index contributed by atoms with van der Waals surface area (Å²) in [6, 6.07) is 9.91. The summed E-state index contributed by atoms with van der Waals surface area (Å²) in [6.07, 6.45) is 1.97. The second-order valence-electron chi connectivity index (χ2n) is 10.9. The lowest BCUT2D eigenvalue weighted by molar-refractivity contribution is 0.0862. The van der Waals surface area contributed by atoms with Gasteiger partial charge in [0.05, 0.1) is 24.8 Å². The van der Waals surface area contributed by atoms with E-state index in [9.17, 15) is 14.0 Å². The molecule has 7 nitrogen and oxygen atoms in total. The quantitative estimate of drug-likeness (QED) is 0.452. The molecule has 1 atom stereocenters. The van der Waals surface area contributed by atoms with Crippen LogP contribution in [0.5, 0.6) is 5.75 Å². The third kappa shape index (κ3) is 5.74. The summed E-state index contributed by atoms with van der Waals surface area (Å²) in [5.41, 5.74) is 2.18. The van der Waals surface area contributed by atoms with Crippen LogP contribution in [0, 0.1) is 19.8 Å². The lowest BCUT2D eigenvalue weighted by atomic mass is 9.89. The first kappa shape index (κ1) is 26.9. The number of hydrogen-bond acceptors (Lipinski definition) is 4. The van der Waals surface area contributed by atoms with Gasteiger partial charge in [0.2, 0.25) is 0 Å². The first-order chi connectivity index (χ1) is 17.5. The minimum Gasteiger partial charge on any atom is -0.496 e. The van der Waals surface area contributed by atoms with Crippen molar-refractivity contribution in [3.8, 4) is 5.75 Å². The van der Waals surface area contributed by atoms with Crippen LogP contribution in [-0.2, 0) is 6.54 Å². The number of ether oxygens (including phenoxy) is 1. The number of likely N-dealkylation sites (tertiary alicyclic amines) is 1. The van der Waals surface area contributed by atoms with E-state index in [0.717, 1.165) is 42.5 Å². The van der Waals surface area contributed by atoms with Crippen LogP contribution in [0.15, 0.2) is 35.1 Å². The maximum Gasteiger partial charge on any atom is 0.256 e. The Hall–Kier alpha value is -3.13. The summed E-state index contributed by atoms with van der Waals surface area (Å²) < 4.78 is 21.8. The Morgan fingerprint density at radius 2 is 1.92 bits per heavy atom. The maximum atomic E-state index is 14.1. The van der Waals surface area contributed by atoms with Gasteiger partial charge in [-0.3, -0.25) is 9.59 Å². The number of hydrogen-bond donors (Lipinski definition) is 2. The van der Waals surface area contributed by atoms with Crippen molar-refractivity contribution < 1.29 is 13.9 Å². The van der Waals surface area contributed by atoms with Crippen LogP contribution >= 0.6 is 0 Å². The molecule has 0 saturated carbocycles. The number of aromatic nitrogens is 2. The Morgan fingerprint density at radius 1 is 1.24 bits per heavy atom. The van der Waals surface area contributed by atoms with Crippen molar-refractivity contribution in [1.29, 1.82) is 0 Å². The molecule has 37 heavy (non-hydrogen) atoms. The monoisotopic (exact) mass is 510 g/mol.